The van der Waals surface area contributed by atoms with Crippen molar-refractivity contribution in [3.8, 4) is 11.5 Å². The summed E-state index contributed by atoms with van der Waals surface area (Å²) in [6, 6.07) is 21.1. The zero-order chi connectivity index (χ0) is 24.6. The lowest BCUT2D eigenvalue weighted by molar-refractivity contribution is -0.119. The van der Waals surface area contributed by atoms with E-state index in [-0.39, 0.29) is 16.5 Å². The van der Waals surface area contributed by atoms with Crippen LogP contribution in [0.5, 0.6) is 11.5 Å². The first-order valence-electron chi connectivity index (χ1n) is 10.7. The number of benzene rings is 3. The number of hydrogen-bond donors (Lipinski definition) is 2. The second kappa shape index (κ2) is 11.4. The van der Waals surface area contributed by atoms with Crippen LogP contribution in [0.1, 0.15) is 30.6 Å². The molecule has 1 atom stereocenters. The molecule has 0 radical (unpaired) electrons. The lowest BCUT2D eigenvalue weighted by Gasteiger charge is -2.13. The summed E-state index contributed by atoms with van der Waals surface area (Å²) >= 11 is 0. The smallest absolute Gasteiger partial charge is 0.338 e. The maximum atomic E-state index is 12.3. The van der Waals surface area contributed by atoms with Crippen molar-refractivity contribution in [3.63, 3.8) is 0 Å². The Morgan fingerprint density at radius 1 is 0.912 bits per heavy atom. The summed E-state index contributed by atoms with van der Waals surface area (Å²) in [5.41, 5.74) is 0.555. The minimum absolute atomic E-state index is 0.0390. The average molecular weight is 483 g/mol. The van der Waals surface area contributed by atoms with Crippen molar-refractivity contribution in [2.75, 3.05) is 11.9 Å². The first-order valence-corrected chi connectivity index (χ1v) is 12.2. The van der Waals surface area contributed by atoms with Crippen molar-refractivity contribution in [2.45, 2.75) is 31.2 Å². The quantitative estimate of drug-likeness (QED) is 0.416. The number of ether oxygens (including phenoxy) is 2. The zero-order valence-electron chi connectivity index (χ0n) is 18.9. The van der Waals surface area contributed by atoms with Gasteiger partial charge in [-0.05, 0) is 61.9 Å². The molecule has 0 saturated heterocycles. The Bertz CT molecular complexity index is 1230. The minimum atomic E-state index is -3.68. The van der Waals surface area contributed by atoms with Gasteiger partial charge in [0.1, 0.15) is 5.75 Å². The molecule has 34 heavy (non-hydrogen) atoms. The molecule has 0 fully saturated rings. The van der Waals surface area contributed by atoms with Gasteiger partial charge in [0.05, 0.1) is 16.1 Å². The van der Waals surface area contributed by atoms with Gasteiger partial charge >= 0.3 is 5.97 Å². The molecule has 2 N–H and O–H groups in total. The van der Waals surface area contributed by atoms with Gasteiger partial charge in [0.2, 0.25) is 10.0 Å². The number of carbonyl (C=O) groups is 2. The van der Waals surface area contributed by atoms with E-state index >= 15 is 0 Å². The van der Waals surface area contributed by atoms with Crippen LogP contribution in [0.3, 0.4) is 0 Å². The molecule has 0 aliphatic heterocycles. The average Bonchev–Trinajstić information content (AvgIpc) is 2.84. The van der Waals surface area contributed by atoms with Crippen LogP contribution < -0.4 is 14.8 Å². The van der Waals surface area contributed by atoms with Crippen molar-refractivity contribution in [3.05, 3.63) is 84.4 Å². The third-order valence-corrected chi connectivity index (χ3v) is 6.44. The van der Waals surface area contributed by atoms with Gasteiger partial charge in [0.25, 0.3) is 5.91 Å². The van der Waals surface area contributed by atoms with Crippen LogP contribution in [0, 0.1) is 0 Å². The van der Waals surface area contributed by atoms with Crippen molar-refractivity contribution in [1.82, 2.24) is 4.72 Å². The van der Waals surface area contributed by atoms with Crippen molar-refractivity contribution in [1.29, 1.82) is 0 Å². The number of para-hydroxylation sites is 3. The summed E-state index contributed by atoms with van der Waals surface area (Å²) in [5.74, 6) is -0.242. The van der Waals surface area contributed by atoms with Crippen molar-refractivity contribution in [2.24, 2.45) is 0 Å². The van der Waals surface area contributed by atoms with Gasteiger partial charge < -0.3 is 14.8 Å². The fraction of sp³-hybridized carbons (Fsp3) is 0.200. The number of carbonyl (C=O) groups excluding carboxylic acids is 2. The van der Waals surface area contributed by atoms with Gasteiger partial charge in [-0.3, -0.25) is 4.79 Å². The highest BCUT2D eigenvalue weighted by molar-refractivity contribution is 7.89. The predicted molar refractivity (Wildman–Crippen MR) is 128 cm³/mol. The molecule has 0 bridgehead atoms. The number of esters is 1. The summed E-state index contributed by atoms with van der Waals surface area (Å²) in [6.45, 7) is 3.12. The Balaban J connectivity index is 1.57. The molecule has 3 aromatic carbocycles. The molecule has 9 heteroatoms. The summed E-state index contributed by atoms with van der Waals surface area (Å²) in [4.78, 5) is 24.7. The lowest BCUT2D eigenvalue weighted by atomic mass is 10.2. The second-order valence-corrected chi connectivity index (χ2v) is 9.20. The highest BCUT2D eigenvalue weighted by atomic mass is 32.2. The lowest BCUT2D eigenvalue weighted by Crippen LogP contribution is -2.32. The van der Waals surface area contributed by atoms with Gasteiger partial charge in [0, 0.05) is 6.04 Å². The Hall–Kier alpha value is -3.69. The van der Waals surface area contributed by atoms with Crippen LogP contribution in [0.2, 0.25) is 0 Å². The highest BCUT2D eigenvalue weighted by Crippen LogP contribution is 2.29. The van der Waals surface area contributed by atoms with E-state index in [0.29, 0.717) is 23.6 Å². The summed E-state index contributed by atoms with van der Waals surface area (Å²) in [5, 5.41) is 2.66. The van der Waals surface area contributed by atoms with Crippen LogP contribution in [0.15, 0.2) is 83.8 Å². The standard InChI is InChI=1S/C25H26N2O6S/c1-3-18(2)27-34(30,31)21-15-13-19(14-16-21)25(29)32-17-24(28)26-22-11-7-8-12-23(22)33-20-9-5-4-6-10-20/h4-16,18,27H,3,17H2,1-2H3,(H,26,28). The van der Waals surface area contributed by atoms with Gasteiger partial charge in [-0.2, -0.15) is 0 Å². The van der Waals surface area contributed by atoms with E-state index in [0.717, 1.165) is 0 Å². The van der Waals surface area contributed by atoms with E-state index in [1.165, 1.54) is 24.3 Å². The Labute approximate surface area is 199 Å². The Morgan fingerprint density at radius 3 is 2.24 bits per heavy atom. The molecule has 3 aromatic rings. The van der Waals surface area contributed by atoms with E-state index in [2.05, 4.69) is 10.0 Å². The molecule has 1 amide bonds. The highest BCUT2D eigenvalue weighted by Gasteiger charge is 2.18. The number of anilines is 1. The normalized spacial score (nSPS) is 11.9. The summed E-state index contributed by atoms with van der Waals surface area (Å²) in [6.07, 6.45) is 0.647. The molecule has 3 rings (SSSR count). The molecule has 0 aliphatic carbocycles. The van der Waals surface area contributed by atoms with E-state index in [9.17, 15) is 18.0 Å². The van der Waals surface area contributed by atoms with E-state index in [4.69, 9.17) is 9.47 Å². The first kappa shape index (κ1) is 24.9. The molecule has 1 unspecified atom stereocenters. The van der Waals surface area contributed by atoms with Crippen LogP contribution in [0.4, 0.5) is 5.69 Å². The predicted octanol–water partition coefficient (Wildman–Crippen LogP) is 4.35. The largest absolute Gasteiger partial charge is 0.455 e. The van der Waals surface area contributed by atoms with Crippen molar-refractivity contribution < 1.29 is 27.5 Å². The fourth-order valence-corrected chi connectivity index (χ4v) is 4.19. The fourth-order valence-electron chi connectivity index (χ4n) is 2.86. The van der Waals surface area contributed by atoms with Gasteiger partial charge in [0.15, 0.2) is 12.4 Å². The molecule has 0 aliphatic rings. The number of sulfonamides is 1. The van der Waals surface area contributed by atoms with E-state index < -0.39 is 28.5 Å². The monoisotopic (exact) mass is 482 g/mol. The molecular formula is C25H26N2O6S. The zero-order valence-corrected chi connectivity index (χ0v) is 19.7. The van der Waals surface area contributed by atoms with Gasteiger partial charge in [-0.1, -0.05) is 37.3 Å². The number of nitrogens with one attached hydrogen (secondary N) is 2. The maximum absolute atomic E-state index is 12.3. The molecule has 178 valence electrons. The Morgan fingerprint density at radius 2 is 1.56 bits per heavy atom. The van der Waals surface area contributed by atoms with Crippen LogP contribution in [-0.4, -0.2) is 32.9 Å². The molecule has 0 heterocycles. The maximum Gasteiger partial charge on any atom is 0.338 e. The molecular weight excluding hydrogens is 456 g/mol. The number of hydrogen-bond acceptors (Lipinski definition) is 6. The molecule has 0 saturated carbocycles. The van der Waals surface area contributed by atoms with E-state index in [1.807, 2.05) is 25.1 Å². The van der Waals surface area contributed by atoms with Gasteiger partial charge in [-0.25, -0.2) is 17.9 Å². The molecule has 0 spiro atoms. The topological polar surface area (TPSA) is 111 Å². The van der Waals surface area contributed by atoms with Gasteiger partial charge in [-0.15, -0.1) is 0 Å². The summed E-state index contributed by atoms with van der Waals surface area (Å²) < 4.78 is 38.1. The van der Waals surface area contributed by atoms with Crippen LogP contribution in [-0.2, 0) is 19.6 Å². The number of rotatable bonds is 10. The minimum Gasteiger partial charge on any atom is -0.455 e. The number of amides is 1. The van der Waals surface area contributed by atoms with Crippen LogP contribution in [0.25, 0.3) is 0 Å². The van der Waals surface area contributed by atoms with E-state index in [1.54, 1.807) is 43.3 Å². The van der Waals surface area contributed by atoms with Crippen molar-refractivity contribution >= 4 is 27.6 Å². The first-order chi connectivity index (χ1) is 16.3. The Kier molecular flexibility index (Phi) is 8.39. The summed E-state index contributed by atoms with van der Waals surface area (Å²) in [7, 11) is -3.68. The van der Waals surface area contributed by atoms with Crippen LogP contribution >= 0.6 is 0 Å². The second-order valence-electron chi connectivity index (χ2n) is 7.49. The third-order valence-electron chi connectivity index (χ3n) is 4.84. The SMILES string of the molecule is CCC(C)NS(=O)(=O)c1ccc(C(=O)OCC(=O)Nc2ccccc2Oc2ccccc2)cc1. The molecule has 0 aromatic heterocycles. The molecule has 8 nitrogen and oxygen atoms in total. The third kappa shape index (κ3) is 6.90.